The normalized spacial score (nSPS) is 18.7. The number of hydrogen-bond acceptors (Lipinski definition) is 2. The molecular formula is C13H18O2. The van der Waals surface area contributed by atoms with Gasteiger partial charge in [0, 0.05) is 5.56 Å². The van der Waals surface area contributed by atoms with E-state index in [4.69, 9.17) is 0 Å². The van der Waals surface area contributed by atoms with Crippen molar-refractivity contribution in [1.82, 2.24) is 0 Å². The van der Waals surface area contributed by atoms with Crippen LogP contribution in [-0.4, -0.2) is 10.2 Å². The zero-order valence-corrected chi connectivity index (χ0v) is 8.95. The first kappa shape index (κ1) is 10.3. The molecule has 2 nitrogen and oxygen atoms in total. The summed E-state index contributed by atoms with van der Waals surface area (Å²) in [5.41, 5.74) is 0.928. The maximum absolute atomic E-state index is 9.77. The van der Waals surface area contributed by atoms with Crippen molar-refractivity contribution in [3.63, 3.8) is 0 Å². The van der Waals surface area contributed by atoms with Crippen molar-refractivity contribution in [1.29, 1.82) is 0 Å². The molecule has 15 heavy (non-hydrogen) atoms. The Kier molecular flexibility index (Phi) is 3.14. The van der Waals surface area contributed by atoms with Crippen molar-refractivity contribution >= 4 is 0 Å². The molecule has 2 heteroatoms. The van der Waals surface area contributed by atoms with Gasteiger partial charge in [0.1, 0.15) is 11.5 Å². The Morgan fingerprint density at radius 2 is 1.60 bits per heavy atom. The van der Waals surface area contributed by atoms with Crippen LogP contribution in [0.2, 0.25) is 0 Å². The van der Waals surface area contributed by atoms with E-state index in [2.05, 4.69) is 0 Å². The first-order valence-electron chi connectivity index (χ1n) is 5.79. The molecule has 0 atom stereocenters. The summed E-state index contributed by atoms with van der Waals surface area (Å²) in [4.78, 5) is 0. The molecule has 2 rings (SSSR count). The molecule has 1 saturated carbocycles. The van der Waals surface area contributed by atoms with Crippen LogP contribution in [0.25, 0.3) is 0 Å². The van der Waals surface area contributed by atoms with Gasteiger partial charge in [-0.15, -0.1) is 0 Å². The highest BCUT2D eigenvalue weighted by molar-refractivity contribution is 5.40. The number of phenolic OH excluding ortho intramolecular Hbond substituents is 2. The summed E-state index contributed by atoms with van der Waals surface area (Å²) < 4.78 is 0. The molecule has 0 saturated heterocycles. The van der Waals surface area contributed by atoms with Crippen molar-refractivity contribution in [3.05, 3.63) is 23.8 Å². The highest BCUT2D eigenvalue weighted by atomic mass is 16.3. The molecule has 0 radical (unpaired) electrons. The largest absolute Gasteiger partial charge is 0.508 e. The average Bonchev–Trinajstić information content (AvgIpc) is 2.50. The lowest BCUT2D eigenvalue weighted by atomic mass is 9.91. The SMILES string of the molecule is Oc1ccc(O)c(C2CCCCCC2)c1. The second-order valence-corrected chi connectivity index (χ2v) is 4.43. The Labute approximate surface area is 90.6 Å². The molecule has 0 unspecified atom stereocenters. The van der Waals surface area contributed by atoms with Crippen LogP contribution in [0, 0.1) is 0 Å². The summed E-state index contributed by atoms with van der Waals surface area (Å²) >= 11 is 0. The third-order valence-corrected chi connectivity index (χ3v) is 3.31. The average molecular weight is 206 g/mol. The number of rotatable bonds is 1. The van der Waals surface area contributed by atoms with E-state index in [0.29, 0.717) is 11.7 Å². The third kappa shape index (κ3) is 2.44. The fraction of sp³-hybridized carbons (Fsp3) is 0.538. The summed E-state index contributed by atoms with van der Waals surface area (Å²) in [5, 5.41) is 19.2. The van der Waals surface area contributed by atoms with E-state index >= 15 is 0 Å². The molecule has 0 aromatic heterocycles. The van der Waals surface area contributed by atoms with Crippen LogP contribution in [0.15, 0.2) is 18.2 Å². The topological polar surface area (TPSA) is 40.5 Å². The highest BCUT2D eigenvalue weighted by Crippen LogP contribution is 2.37. The molecule has 1 fully saturated rings. The Hall–Kier alpha value is -1.18. The van der Waals surface area contributed by atoms with Gasteiger partial charge < -0.3 is 10.2 Å². The number of aromatic hydroxyl groups is 2. The second-order valence-electron chi connectivity index (χ2n) is 4.43. The van der Waals surface area contributed by atoms with Crippen molar-refractivity contribution in [2.24, 2.45) is 0 Å². The summed E-state index contributed by atoms with van der Waals surface area (Å²) in [5.74, 6) is 1.02. The van der Waals surface area contributed by atoms with E-state index in [-0.39, 0.29) is 5.75 Å². The Morgan fingerprint density at radius 1 is 0.933 bits per heavy atom. The quantitative estimate of drug-likeness (QED) is 0.545. The van der Waals surface area contributed by atoms with Gasteiger partial charge in [-0.05, 0) is 37.0 Å². The molecular weight excluding hydrogens is 188 g/mol. The maximum atomic E-state index is 9.77. The fourth-order valence-electron chi connectivity index (χ4n) is 2.46. The molecule has 1 aliphatic rings. The minimum absolute atomic E-state index is 0.257. The summed E-state index contributed by atoms with van der Waals surface area (Å²) in [7, 11) is 0. The zero-order valence-electron chi connectivity index (χ0n) is 8.95. The zero-order chi connectivity index (χ0) is 10.7. The molecule has 0 bridgehead atoms. The van der Waals surface area contributed by atoms with Gasteiger partial charge in [0.05, 0.1) is 0 Å². The first-order chi connectivity index (χ1) is 7.27. The van der Waals surface area contributed by atoms with Crippen LogP contribution in [0.4, 0.5) is 0 Å². The molecule has 1 aromatic rings. The predicted molar refractivity (Wildman–Crippen MR) is 60.2 cm³/mol. The molecule has 0 aliphatic heterocycles. The Morgan fingerprint density at radius 3 is 2.27 bits per heavy atom. The minimum atomic E-state index is 0.257. The van der Waals surface area contributed by atoms with Gasteiger partial charge in [0.2, 0.25) is 0 Å². The molecule has 1 aliphatic carbocycles. The van der Waals surface area contributed by atoms with Crippen molar-refractivity contribution in [3.8, 4) is 11.5 Å². The van der Waals surface area contributed by atoms with Crippen molar-refractivity contribution in [2.75, 3.05) is 0 Å². The first-order valence-corrected chi connectivity index (χ1v) is 5.79. The predicted octanol–water partition coefficient (Wildman–Crippen LogP) is 3.54. The van der Waals surface area contributed by atoms with Crippen LogP contribution in [-0.2, 0) is 0 Å². The smallest absolute Gasteiger partial charge is 0.119 e. The standard InChI is InChI=1S/C13H18O2/c14-11-7-8-13(15)12(9-11)10-5-3-1-2-4-6-10/h7-10,14-15H,1-6H2. The summed E-state index contributed by atoms with van der Waals surface area (Å²) in [6, 6.07) is 4.84. The maximum Gasteiger partial charge on any atom is 0.119 e. The Bertz CT molecular complexity index is 325. The summed E-state index contributed by atoms with van der Waals surface area (Å²) in [6.45, 7) is 0. The van der Waals surface area contributed by atoms with E-state index in [1.54, 1.807) is 12.1 Å². The number of benzene rings is 1. The lowest BCUT2D eigenvalue weighted by Gasteiger charge is -2.16. The fourth-order valence-corrected chi connectivity index (χ4v) is 2.46. The minimum Gasteiger partial charge on any atom is -0.508 e. The number of phenols is 2. The van der Waals surface area contributed by atoms with Gasteiger partial charge in [-0.2, -0.15) is 0 Å². The highest BCUT2D eigenvalue weighted by Gasteiger charge is 2.17. The molecule has 0 amide bonds. The van der Waals surface area contributed by atoms with Gasteiger partial charge in [0.15, 0.2) is 0 Å². The monoisotopic (exact) mass is 206 g/mol. The van der Waals surface area contributed by atoms with E-state index < -0.39 is 0 Å². The number of hydrogen-bond donors (Lipinski definition) is 2. The van der Waals surface area contributed by atoms with Gasteiger partial charge >= 0.3 is 0 Å². The third-order valence-electron chi connectivity index (χ3n) is 3.31. The van der Waals surface area contributed by atoms with E-state index in [1.807, 2.05) is 0 Å². The lowest BCUT2D eigenvalue weighted by molar-refractivity contribution is 0.442. The molecule has 82 valence electrons. The van der Waals surface area contributed by atoms with Crippen molar-refractivity contribution < 1.29 is 10.2 Å². The van der Waals surface area contributed by atoms with Crippen LogP contribution >= 0.6 is 0 Å². The second kappa shape index (κ2) is 4.56. The van der Waals surface area contributed by atoms with E-state index in [1.165, 1.54) is 31.7 Å². The molecule has 0 heterocycles. The van der Waals surface area contributed by atoms with Crippen LogP contribution < -0.4 is 0 Å². The van der Waals surface area contributed by atoms with Gasteiger partial charge in [-0.3, -0.25) is 0 Å². The van der Waals surface area contributed by atoms with Gasteiger partial charge in [-0.1, -0.05) is 25.7 Å². The van der Waals surface area contributed by atoms with E-state index in [9.17, 15) is 10.2 Å². The molecule has 0 spiro atoms. The van der Waals surface area contributed by atoms with Crippen LogP contribution in [0.3, 0.4) is 0 Å². The Balaban J connectivity index is 2.22. The van der Waals surface area contributed by atoms with Crippen LogP contribution in [0.1, 0.15) is 50.0 Å². The summed E-state index contributed by atoms with van der Waals surface area (Å²) in [6.07, 6.45) is 7.35. The molecule has 1 aromatic carbocycles. The molecule has 2 N–H and O–H groups in total. The van der Waals surface area contributed by atoms with E-state index in [0.717, 1.165) is 18.4 Å². The van der Waals surface area contributed by atoms with Crippen molar-refractivity contribution in [2.45, 2.75) is 44.4 Å². The van der Waals surface area contributed by atoms with Gasteiger partial charge in [0.25, 0.3) is 0 Å². The van der Waals surface area contributed by atoms with Crippen LogP contribution in [0.5, 0.6) is 11.5 Å². The van der Waals surface area contributed by atoms with Gasteiger partial charge in [-0.25, -0.2) is 0 Å². The lowest BCUT2D eigenvalue weighted by Crippen LogP contribution is -1.97.